The molecule has 0 bridgehead atoms. The van der Waals surface area contributed by atoms with Crippen LogP contribution in [0.1, 0.15) is 24.1 Å². The van der Waals surface area contributed by atoms with Crippen LogP contribution in [0.5, 0.6) is 11.5 Å². The van der Waals surface area contributed by atoms with Crippen LogP contribution in [0, 0.1) is 0 Å². The maximum atomic E-state index is 12.3. The van der Waals surface area contributed by atoms with Crippen LogP contribution < -0.4 is 14.8 Å². The second-order valence-electron chi connectivity index (χ2n) is 6.23. The summed E-state index contributed by atoms with van der Waals surface area (Å²) in [6.45, 7) is 1.92. The molecule has 2 aromatic carbocycles. The zero-order chi connectivity index (χ0) is 19.9. The number of hydrogen-bond donors (Lipinski definition) is 1. The van der Waals surface area contributed by atoms with Crippen molar-refractivity contribution in [3.63, 3.8) is 0 Å². The Kier molecular flexibility index (Phi) is 6.11. The van der Waals surface area contributed by atoms with E-state index in [1.165, 1.54) is 6.08 Å². The Labute approximate surface area is 164 Å². The van der Waals surface area contributed by atoms with Crippen LogP contribution in [-0.4, -0.2) is 29.9 Å². The van der Waals surface area contributed by atoms with Crippen LogP contribution in [0.4, 0.5) is 0 Å². The van der Waals surface area contributed by atoms with Gasteiger partial charge in [0.2, 0.25) is 5.91 Å². The lowest BCUT2D eigenvalue weighted by atomic mass is 10.1. The first kappa shape index (κ1) is 19.2. The molecule has 144 valence electrons. The molecule has 0 radical (unpaired) electrons. The summed E-state index contributed by atoms with van der Waals surface area (Å²) in [4.78, 5) is 12.3. The monoisotopic (exact) mass is 377 g/mol. The molecule has 0 saturated carbocycles. The minimum absolute atomic E-state index is 0.177. The van der Waals surface area contributed by atoms with Crippen molar-refractivity contribution in [3.05, 3.63) is 78.1 Å². The number of ether oxygens (including phenoxy) is 2. The number of nitrogens with zero attached hydrogens (tertiary/aromatic N) is 2. The normalized spacial score (nSPS) is 12.0. The van der Waals surface area contributed by atoms with E-state index in [9.17, 15) is 4.79 Å². The first-order chi connectivity index (χ1) is 13.6. The number of amides is 1. The summed E-state index contributed by atoms with van der Waals surface area (Å²) in [6.07, 6.45) is 6.83. The third kappa shape index (κ3) is 4.59. The SMILES string of the molecule is COc1ccc(C(C)NC(=O)/C=C/c2cnn(-c3ccccc3)c2)cc1OC. The zero-order valence-corrected chi connectivity index (χ0v) is 16.1. The van der Waals surface area contributed by atoms with Gasteiger partial charge in [-0.25, -0.2) is 4.68 Å². The molecule has 0 fully saturated rings. The number of hydrogen-bond acceptors (Lipinski definition) is 4. The topological polar surface area (TPSA) is 65.4 Å². The van der Waals surface area contributed by atoms with E-state index in [4.69, 9.17) is 9.47 Å². The molecule has 6 nitrogen and oxygen atoms in total. The maximum absolute atomic E-state index is 12.3. The van der Waals surface area contributed by atoms with Crippen molar-refractivity contribution in [3.8, 4) is 17.2 Å². The summed E-state index contributed by atoms with van der Waals surface area (Å²) in [5.41, 5.74) is 2.74. The van der Waals surface area contributed by atoms with Crippen molar-refractivity contribution in [2.45, 2.75) is 13.0 Å². The van der Waals surface area contributed by atoms with Crippen molar-refractivity contribution >= 4 is 12.0 Å². The van der Waals surface area contributed by atoms with Gasteiger partial charge in [0.15, 0.2) is 11.5 Å². The highest BCUT2D eigenvalue weighted by Crippen LogP contribution is 2.29. The molecular weight excluding hydrogens is 354 g/mol. The molecule has 0 aliphatic heterocycles. The Bertz CT molecular complexity index is 964. The fraction of sp³-hybridized carbons (Fsp3) is 0.182. The summed E-state index contributed by atoms with van der Waals surface area (Å²) < 4.78 is 12.3. The molecule has 0 spiro atoms. The summed E-state index contributed by atoms with van der Waals surface area (Å²) in [6, 6.07) is 15.2. The van der Waals surface area contributed by atoms with Crippen molar-refractivity contribution in [1.82, 2.24) is 15.1 Å². The lowest BCUT2D eigenvalue weighted by Crippen LogP contribution is -2.24. The summed E-state index contributed by atoms with van der Waals surface area (Å²) in [5, 5.41) is 7.26. The predicted octanol–water partition coefficient (Wildman–Crippen LogP) is 3.78. The van der Waals surface area contributed by atoms with E-state index < -0.39 is 0 Å². The molecule has 3 rings (SSSR count). The van der Waals surface area contributed by atoms with E-state index in [1.54, 1.807) is 31.2 Å². The van der Waals surface area contributed by atoms with Crippen LogP contribution >= 0.6 is 0 Å². The van der Waals surface area contributed by atoms with Gasteiger partial charge in [-0.05, 0) is 42.8 Å². The molecule has 1 N–H and O–H groups in total. The van der Waals surface area contributed by atoms with E-state index in [-0.39, 0.29) is 11.9 Å². The highest BCUT2D eigenvalue weighted by Gasteiger charge is 2.11. The number of carbonyl (C=O) groups excluding carboxylic acids is 1. The average Bonchev–Trinajstić information content (AvgIpc) is 3.21. The molecule has 1 atom stereocenters. The van der Waals surface area contributed by atoms with Crippen LogP contribution in [0.2, 0.25) is 0 Å². The number of benzene rings is 2. The van der Waals surface area contributed by atoms with Gasteiger partial charge in [-0.15, -0.1) is 0 Å². The quantitative estimate of drug-likeness (QED) is 0.637. The molecule has 1 heterocycles. The van der Waals surface area contributed by atoms with Gasteiger partial charge in [0.1, 0.15) is 0 Å². The number of para-hydroxylation sites is 1. The smallest absolute Gasteiger partial charge is 0.244 e. The lowest BCUT2D eigenvalue weighted by Gasteiger charge is -2.15. The predicted molar refractivity (Wildman–Crippen MR) is 109 cm³/mol. The molecule has 1 unspecified atom stereocenters. The third-order valence-electron chi connectivity index (χ3n) is 4.32. The van der Waals surface area contributed by atoms with E-state index in [0.29, 0.717) is 11.5 Å². The van der Waals surface area contributed by atoms with Crippen molar-refractivity contribution < 1.29 is 14.3 Å². The van der Waals surface area contributed by atoms with Gasteiger partial charge in [0.25, 0.3) is 0 Å². The van der Waals surface area contributed by atoms with Crippen LogP contribution in [0.3, 0.4) is 0 Å². The Morgan fingerprint density at radius 3 is 2.57 bits per heavy atom. The molecule has 1 amide bonds. The molecular formula is C22H23N3O3. The highest BCUT2D eigenvalue weighted by atomic mass is 16.5. The zero-order valence-electron chi connectivity index (χ0n) is 16.1. The number of methoxy groups -OCH3 is 2. The Balaban J connectivity index is 1.63. The maximum Gasteiger partial charge on any atom is 0.244 e. The Morgan fingerprint density at radius 1 is 1.11 bits per heavy atom. The second kappa shape index (κ2) is 8.90. The van der Waals surface area contributed by atoms with Crippen LogP contribution in [0.25, 0.3) is 11.8 Å². The molecule has 6 heteroatoms. The van der Waals surface area contributed by atoms with Gasteiger partial charge < -0.3 is 14.8 Å². The number of aromatic nitrogens is 2. The average molecular weight is 377 g/mol. The first-order valence-electron chi connectivity index (χ1n) is 8.91. The Morgan fingerprint density at radius 2 is 1.86 bits per heavy atom. The molecule has 0 aliphatic carbocycles. The van der Waals surface area contributed by atoms with E-state index in [0.717, 1.165) is 16.8 Å². The standard InChI is InChI=1S/C22H23N3O3/c1-16(18-10-11-20(27-2)21(13-18)28-3)24-22(26)12-9-17-14-23-25(15-17)19-7-5-4-6-8-19/h4-16H,1-3H3,(H,24,26)/b12-9+. The van der Waals surface area contributed by atoms with Gasteiger partial charge in [-0.1, -0.05) is 24.3 Å². The highest BCUT2D eigenvalue weighted by molar-refractivity contribution is 5.91. The van der Waals surface area contributed by atoms with Crippen LogP contribution in [-0.2, 0) is 4.79 Å². The summed E-state index contributed by atoms with van der Waals surface area (Å²) >= 11 is 0. The minimum atomic E-state index is -0.185. The molecule has 0 saturated heterocycles. The lowest BCUT2D eigenvalue weighted by molar-refractivity contribution is -0.117. The van der Waals surface area contributed by atoms with Gasteiger partial charge in [0.05, 0.1) is 32.1 Å². The summed E-state index contributed by atoms with van der Waals surface area (Å²) in [7, 11) is 3.18. The van der Waals surface area contributed by atoms with Gasteiger partial charge in [0, 0.05) is 17.8 Å². The number of carbonyl (C=O) groups is 1. The summed E-state index contributed by atoms with van der Waals surface area (Å²) in [5.74, 6) is 1.10. The minimum Gasteiger partial charge on any atom is -0.493 e. The third-order valence-corrected chi connectivity index (χ3v) is 4.32. The number of nitrogens with one attached hydrogen (secondary N) is 1. The largest absolute Gasteiger partial charge is 0.493 e. The van der Waals surface area contributed by atoms with Crippen molar-refractivity contribution in [2.24, 2.45) is 0 Å². The fourth-order valence-corrected chi connectivity index (χ4v) is 2.78. The molecule has 28 heavy (non-hydrogen) atoms. The molecule has 3 aromatic rings. The second-order valence-corrected chi connectivity index (χ2v) is 6.23. The van der Waals surface area contributed by atoms with Crippen LogP contribution in [0.15, 0.2) is 67.0 Å². The molecule has 1 aromatic heterocycles. The van der Waals surface area contributed by atoms with Gasteiger partial charge in [-0.3, -0.25) is 4.79 Å². The van der Waals surface area contributed by atoms with Crippen molar-refractivity contribution in [1.29, 1.82) is 0 Å². The van der Waals surface area contributed by atoms with E-state index in [1.807, 2.05) is 61.7 Å². The van der Waals surface area contributed by atoms with E-state index >= 15 is 0 Å². The number of rotatable bonds is 7. The Hall–Kier alpha value is -3.54. The van der Waals surface area contributed by atoms with Crippen molar-refractivity contribution in [2.75, 3.05) is 14.2 Å². The van der Waals surface area contributed by atoms with Gasteiger partial charge >= 0.3 is 0 Å². The first-order valence-corrected chi connectivity index (χ1v) is 8.91. The van der Waals surface area contributed by atoms with Gasteiger partial charge in [-0.2, -0.15) is 5.10 Å². The van der Waals surface area contributed by atoms with E-state index in [2.05, 4.69) is 10.4 Å². The fourth-order valence-electron chi connectivity index (χ4n) is 2.78. The molecule has 0 aliphatic rings.